The Hall–Kier alpha value is -4.34. The molecule has 246 valence electrons. The molecule has 0 saturated heterocycles. The van der Waals surface area contributed by atoms with Gasteiger partial charge < -0.3 is 15.0 Å². The lowest BCUT2D eigenvalue weighted by molar-refractivity contribution is -0.140. The first-order valence-electron chi connectivity index (χ1n) is 15.8. The molecule has 1 aliphatic carbocycles. The largest absolute Gasteiger partial charge is 0.497 e. The molecule has 1 atom stereocenters. The number of amides is 2. The van der Waals surface area contributed by atoms with Gasteiger partial charge in [0.15, 0.2) is 0 Å². The van der Waals surface area contributed by atoms with Crippen LogP contribution in [0.15, 0.2) is 114 Å². The first kappa shape index (κ1) is 34.0. The number of anilines is 1. The van der Waals surface area contributed by atoms with E-state index in [0.717, 1.165) is 47.5 Å². The van der Waals surface area contributed by atoms with Gasteiger partial charge in [-0.3, -0.25) is 13.9 Å². The summed E-state index contributed by atoms with van der Waals surface area (Å²) in [6, 6.07) is 30.3. The van der Waals surface area contributed by atoms with Crippen molar-refractivity contribution in [2.24, 2.45) is 0 Å². The topological polar surface area (TPSA) is 96.0 Å². The molecule has 4 aromatic rings. The van der Waals surface area contributed by atoms with Crippen molar-refractivity contribution in [2.75, 3.05) is 18.0 Å². The van der Waals surface area contributed by atoms with Gasteiger partial charge in [0.25, 0.3) is 10.0 Å². The van der Waals surface area contributed by atoms with Gasteiger partial charge in [0.2, 0.25) is 11.8 Å². The maximum atomic E-state index is 14.6. The van der Waals surface area contributed by atoms with Gasteiger partial charge >= 0.3 is 0 Å². The van der Waals surface area contributed by atoms with Crippen molar-refractivity contribution in [3.63, 3.8) is 0 Å². The number of nitrogens with zero attached hydrogens (tertiary/aromatic N) is 2. The van der Waals surface area contributed by atoms with Crippen LogP contribution in [0.5, 0.6) is 5.75 Å². The van der Waals surface area contributed by atoms with Crippen molar-refractivity contribution in [1.29, 1.82) is 0 Å². The minimum absolute atomic E-state index is 0.00933. The first-order chi connectivity index (χ1) is 22.7. The summed E-state index contributed by atoms with van der Waals surface area (Å²) in [4.78, 5) is 30.3. The number of sulfonamides is 1. The number of nitrogens with one attached hydrogen (secondary N) is 1. The first-order valence-corrected chi connectivity index (χ1v) is 17.7. The Morgan fingerprint density at radius 3 is 2.06 bits per heavy atom. The van der Waals surface area contributed by atoms with E-state index in [9.17, 15) is 18.0 Å². The van der Waals surface area contributed by atoms with Gasteiger partial charge in [-0.25, -0.2) is 8.42 Å². The molecule has 0 aliphatic heterocycles. The Morgan fingerprint density at radius 2 is 1.45 bits per heavy atom. The fourth-order valence-electron chi connectivity index (χ4n) is 5.88. The summed E-state index contributed by atoms with van der Waals surface area (Å²) in [5.41, 5.74) is 1.97. The van der Waals surface area contributed by atoms with Crippen LogP contribution in [-0.4, -0.2) is 50.9 Å². The van der Waals surface area contributed by atoms with E-state index in [1.54, 1.807) is 54.6 Å². The highest BCUT2D eigenvalue weighted by atomic mass is 35.5. The number of hydrogen-bond acceptors (Lipinski definition) is 5. The van der Waals surface area contributed by atoms with Gasteiger partial charge in [-0.05, 0) is 72.5 Å². The minimum Gasteiger partial charge on any atom is -0.497 e. The molecule has 0 spiro atoms. The third-order valence-electron chi connectivity index (χ3n) is 8.46. The number of ether oxygens (including phenoxy) is 1. The summed E-state index contributed by atoms with van der Waals surface area (Å²) in [6.07, 6.45) is 5.25. The molecular weight excluding hydrogens is 634 g/mol. The molecular formula is C37H40ClN3O5S. The molecule has 0 heterocycles. The van der Waals surface area contributed by atoms with E-state index in [1.165, 1.54) is 24.1 Å². The molecule has 47 heavy (non-hydrogen) atoms. The lowest BCUT2D eigenvalue weighted by Crippen LogP contribution is -2.55. The number of carbonyl (C=O) groups is 2. The molecule has 1 N–H and O–H groups in total. The second kappa shape index (κ2) is 16.0. The van der Waals surface area contributed by atoms with Gasteiger partial charge in [-0.15, -0.1) is 0 Å². The molecule has 1 saturated carbocycles. The second-order valence-corrected chi connectivity index (χ2v) is 14.0. The fourth-order valence-corrected chi connectivity index (χ4v) is 7.42. The van der Waals surface area contributed by atoms with E-state index in [1.807, 2.05) is 42.5 Å². The highest BCUT2D eigenvalue weighted by Crippen LogP contribution is 2.27. The van der Waals surface area contributed by atoms with Crippen molar-refractivity contribution in [3.05, 3.63) is 125 Å². The molecule has 0 bridgehead atoms. The van der Waals surface area contributed by atoms with Crippen LogP contribution >= 0.6 is 11.6 Å². The van der Waals surface area contributed by atoms with Gasteiger partial charge in [-0.1, -0.05) is 91.5 Å². The fraction of sp³-hybridized carbons (Fsp3) is 0.297. The van der Waals surface area contributed by atoms with Crippen molar-refractivity contribution >= 4 is 39.1 Å². The van der Waals surface area contributed by atoms with Crippen molar-refractivity contribution in [3.8, 4) is 5.75 Å². The average Bonchev–Trinajstić information content (AvgIpc) is 3.10. The van der Waals surface area contributed by atoms with Crippen LogP contribution in [0.2, 0.25) is 5.02 Å². The summed E-state index contributed by atoms with van der Waals surface area (Å²) in [5, 5.41) is 3.77. The number of hydrogen-bond donors (Lipinski definition) is 1. The van der Waals surface area contributed by atoms with Crippen LogP contribution in [-0.2, 0) is 32.6 Å². The standard InChI is InChI=1S/C37H40ClN3O5S/c1-46-33-21-23-34(24-22-33)47(44,45)41(32-15-9-4-10-16-32)27-36(42)40(26-29-17-19-30(38)20-18-29)35(25-28-11-5-2-6-12-28)37(43)39-31-13-7-3-8-14-31/h2,4-6,9-12,15-24,31,35H,3,7-8,13-14,25-27H2,1H3,(H,39,43)/t35-/m1/s1. The molecule has 0 radical (unpaired) electrons. The SMILES string of the molecule is COc1ccc(S(=O)(=O)N(CC(=O)N(Cc2ccc(Cl)cc2)[C@H](Cc2ccccc2)C(=O)NC2CCCCC2)c2ccccc2)cc1. The molecule has 8 nitrogen and oxygen atoms in total. The van der Waals surface area contributed by atoms with Crippen molar-refractivity contribution in [1.82, 2.24) is 10.2 Å². The summed E-state index contributed by atoms with van der Waals surface area (Å²) in [7, 11) is -2.70. The summed E-state index contributed by atoms with van der Waals surface area (Å²) >= 11 is 6.18. The Bertz CT molecular complexity index is 1710. The van der Waals surface area contributed by atoms with Gasteiger partial charge in [-0.2, -0.15) is 0 Å². The molecule has 5 rings (SSSR count). The smallest absolute Gasteiger partial charge is 0.264 e. The Kier molecular flexibility index (Phi) is 11.6. The lowest BCUT2D eigenvalue weighted by Gasteiger charge is -2.35. The second-order valence-electron chi connectivity index (χ2n) is 11.7. The minimum atomic E-state index is -4.20. The third-order valence-corrected chi connectivity index (χ3v) is 10.5. The summed E-state index contributed by atoms with van der Waals surface area (Å²) in [6.45, 7) is -0.440. The number of halogens is 1. The molecule has 10 heteroatoms. The lowest BCUT2D eigenvalue weighted by atomic mass is 9.94. The van der Waals surface area contributed by atoms with E-state index in [-0.39, 0.29) is 29.8 Å². The van der Waals surface area contributed by atoms with Crippen LogP contribution in [0.3, 0.4) is 0 Å². The molecule has 4 aromatic carbocycles. The van der Waals surface area contributed by atoms with Crippen LogP contribution in [0.4, 0.5) is 5.69 Å². The van der Waals surface area contributed by atoms with E-state index in [4.69, 9.17) is 16.3 Å². The zero-order valence-electron chi connectivity index (χ0n) is 26.4. The van der Waals surface area contributed by atoms with Gasteiger partial charge in [0.1, 0.15) is 18.3 Å². The molecule has 2 amide bonds. The van der Waals surface area contributed by atoms with Crippen LogP contribution in [0.25, 0.3) is 0 Å². The number of carbonyl (C=O) groups excluding carboxylic acids is 2. The Morgan fingerprint density at radius 1 is 0.830 bits per heavy atom. The normalized spacial score (nSPS) is 14.2. The average molecular weight is 674 g/mol. The van der Waals surface area contributed by atoms with Crippen LogP contribution in [0.1, 0.15) is 43.2 Å². The van der Waals surface area contributed by atoms with E-state index < -0.39 is 28.5 Å². The number of rotatable bonds is 13. The van der Waals surface area contributed by atoms with Crippen molar-refractivity contribution < 1.29 is 22.7 Å². The molecule has 0 unspecified atom stereocenters. The zero-order valence-corrected chi connectivity index (χ0v) is 28.0. The number of para-hydroxylation sites is 1. The van der Waals surface area contributed by atoms with Gasteiger partial charge in [0, 0.05) is 24.0 Å². The van der Waals surface area contributed by atoms with Crippen LogP contribution in [0, 0.1) is 0 Å². The predicted octanol–water partition coefficient (Wildman–Crippen LogP) is 6.63. The monoisotopic (exact) mass is 673 g/mol. The number of benzene rings is 4. The zero-order chi connectivity index (χ0) is 33.2. The highest BCUT2D eigenvalue weighted by Gasteiger charge is 2.35. The summed E-state index contributed by atoms with van der Waals surface area (Å²) in [5.74, 6) is -0.263. The van der Waals surface area contributed by atoms with Gasteiger partial charge in [0.05, 0.1) is 17.7 Å². The molecule has 1 aliphatic rings. The highest BCUT2D eigenvalue weighted by molar-refractivity contribution is 7.92. The quantitative estimate of drug-likeness (QED) is 0.172. The maximum Gasteiger partial charge on any atom is 0.264 e. The van der Waals surface area contributed by atoms with Crippen LogP contribution < -0.4 is 14.4 Å². The predicted molar refractivity (Wildman–Crippen MR) is 185 cm³/mol. The summed E-state index contributed by atoms with van der Waals surface area (Å²) < 4.78 is 34.7. The van der Waals surface area contributed by atoms with E-state index in [0.29, 0.717) is 16.5 Å². The van der Waals surface area contributed by atoms with Crippen molar-refractivity contribution in [2.45, 2.75) is 62.0 Å². The maximum absolute atomic E-state index is 14.6. The Labute approximate surface area is 282 Å². The molecule has 1 fully saturated rings. The number of methoxy groups -OCH3 is 1. The van der Waals surface area contributed by atoms with E-state index >= 15 is 0 Å². The van der Waals surface area contributed by atoms with E-state index in [2.05, 4.69) is 5.32 Å². The third kappa shape index (κ3) is 8.93. The molecule has 0 aromatic heterocycles. The Balaban J connectivity index is 1.54.